The summed E-state index contributed by atoms with van der Waals surface area (Å²) >= 11 is 0. The van der Waals surface area contributed by atoms with Gasteiger partial charge in [-0.15, -0.1) is 0 Å². The zero-order chi connectivity index (χ0) is 12.8. The Hall–Kier alpha value is -0.770. The van der Waals surface area contributed by atoms with Crippen molar-refractivity contribution in [2.45, 2.75) is 45.6 Å². The molecule has 0 bridgehead atoms. The first-order chi connectivity index (χ1) is 8.00. The summed E-state index contributed by atoms with van der Waals surface area (Å²) in [5.74, 6) is 0.714. The number of nitrogens with one attached hydrogen (secondary N) is 1. The molecule has 2 atom stereocenters. The quantitative estimate of drug-likeness (QED) is 0.790. The molecule has 1 aliphatic carbocycles. The summed E-state index contributed by atoms with van der Waals surface area (Å²) in [4.78, 5) is 13.5. The van der Waals surface area contributed by atoms with Crippen molar-refractivity contribution in [3.63, 3.8) is 0 Å². The highest BCUT2D eigenvalue weighted by molar-refractivity contribution is 5.73. The maximum atomic E-state index is 11.8. The first-order valence-corrected chi connectivity index (χ1v) is 6.67. The second-order valence-corrected chi connectivity index (χ2v) is 5.57. The fourth-order valence-corrected chi connectivity index (χ4v) is 2.26. The number of hydrogen-bond donors (Lipinski definition) is 2. The second kappa shape index (κ2) is 6.84. The molecule has 17 heavy (non-hydrogen) atoms. The van der Waals surface area contributed by atoms with Gasteiger partial charge in [-0.2, -0.15) is 0 Å². The normalized spacial score (nSPS) is 24.8. The Morgan fingerprint density at radius 3 is 2.65 bits per heavy atom. The molecule has 2 N–H and O–H groups in total. The second-order valence-electron chi connectivity index (χ2n) is 5.57. The molecule has 0 spiro atoms. The third-order valence-corrected chi connectivity index (χ3v) is 3.39. The number of carbonyl (C=O) groups excluding carboxylic acids is 1. The van der Waals surface area contributed by atoms with Crippen molar-refractivity contribution in [1.82, 2.24) is 10.2 Å². The summed E-state index contributed by atoms with van der Waals surface area (Å²) < 4.78 is 0. The Labute approximate surface area is 104 Å². The molecule has 1 fully saturated rings. The first kappa shape index (κ1) is 14.3. The summed E-state index contributed by atoms with van der Waals surface area (Å²) in [6, 6.07) is -0.0310. The lowest BCUT2D eigenvalue weighted by atomic mass is 9.86. The van der Waals surface area contributed by atoms with Crippen LogP contribution >= 0.6 is 0 Å². The van der Waals surface area contributed by atoms with Crippen LogP contribution in [-0.4, -0.2) is 42.3 Å². The van der Waals surface area contributed by atoms with Gasteiger partial charge in [0.05, 0.1) is 6.10 Å². The average Bonchev–Trinajstić information content (AvgIpc) is 2.28. The fraction of sp³-hybridized carbons (Fsp3) is 0.923. The largest absolute Gasteiger partial charge is 0.393 e. The van der Waals surface area contributed by atoms with E-state index in [2.05, 4.69) is 19.2 Å². The van der Waals surface area contributed by atoms with E-state index >= 15 is 0 Å². The minimum atomic E-state index is -0.232. The van der Waals surface area contributed by atoms with Crippen molar-refractivity contribution < 1.29 is 9.90 Å². The molecule has 1 aliphatic rings. The molecule has 0 saturated heterocycles. The Balaban J connectivity index is 2.31. The Morgan fingerprint density at radius 2 is 2.06 bits per heavy atom. The molecule has 1 rings (SSSR count). The maximum absolute atomic E-state index is 11.8. The first-order valence-electron chi connectivity index (χ1n) is 6.67. The number of urea groups is 1. The number of nitrogens with zero attached hydrogens (tertiary/aromatic N) is 1. The van der Waals surface area contributed by atoms with Crippen LogP contribution in [0.5, 0.6) is 0 Å². The number of rotatable bonds is 4. The molecule has 0 heterocycles. The van der Waals surface area contributed by atoms with Crippen LogP contribution in [0.2, 0.25) is 0 Å². The van der Waals surface area contributed by atoms with Gasteiger partial charge in [-0.1, -0.05) is 26.7 Å². The zero-order valence-electron chi connectivity index (χ0n) is 11.3. The van der Waals surface area contributed by atoms with Crippen LogP contribution in [-0.2, 0) is 0 Å². The van der Waals surface area contributed by atoms with Crippen molar-refractivity contribution >= 4 is 6.03 Å². The van der Waals surface area contributed by atoms with E-state index < -0.39 is 0 Å². The molecule has 2 amide bonds. The molecule has 4 heteroatoms. The molecule has 1 saturated carbocycles. The van der Waals surface area contributed by atoms with Gasteiger partial charge in [0.2, 0.25) is 0 Å². The van der Waals surface area contributed by atoms with Crippen LogP contribution in [0.15, 0.2) is 0 Å². The monoisotopic (exact) mass is 242 g/mol. The molecule has 0 aromatic carbocycles. The summed E-state index contributed by atoms with van der Waals surface area (Å²) in [5, 5.41) is 12.8. The van der Waals surface area contributed by atoms with E-state index in [1.807, 2.05) is 0 Å². The van der Waals surface area contributed by atoms with E-state index in [4.69, 9.17) is 0 Å². The van der Waals surface area contributed by atoms with E-state index in [1.54, 1.807) is 11.9 Å². The molecule has 0 aromatic heterocycles. The lowest BCUT2D eigenvalue weighted by Crippen LogP contribution is -2.43. The van der Waals surface area contributed by atoms with Crippen LogP contribution in [0.3, 0.4) is 0 Å². The Morgan fingerprint density at radius 1 is 1.41 bits per heavy atom. The van der Waals surface area contributed by atoms with E-state index in [9.17, 15) is 9.90 Å². The highest BCUT2D eigenvalue weighted by Crippen LogP contribution is 2.24. The predicted molar refractivity (Wildman–Crippen MR) is 68.8 cm³/mol. The Bertz CT molecular complexity index is 244. The number of aliphatic hydroxyl groups excluding tert-OH is 1. The Kier molecular flexibility index (Phi) is 5.75. The predicted octanol–water partition coefficient (Wildman–Crippen LogP) is 1.83. The van der Waals surface area contributed by atoms with Crippen LogP contribution < -0.4 is 5.32 Å². The van der Waals surface area contributed by atoms with Gasteiger partial charge in [-0.3, -0.25) is 0 Å². The fourth-order valence-electron chi connectivity index (χ4n) is 2.26. The summed E-state index contributed by atoms with van der Waals surface area (Å²) in [6.07, 6.45) is 3.96. The minimum absolute atomic E-state index is 0.0310. The molecule has 0 aromatic rings. The van der Waals surface area contributed by atoms with Gasteiger partial charge in [0.25, 0.3) is 0 Å². The van der Waals surface area contributed by atoms with E-state index in [0.717, 1.165) is 19.3 Å². The van der Waals surface area contributed by atoms with Crippen molar-refractivity contribution in [3.8, 4) is 0 Å². The molecule has 0 radical (unpaired) electrons. The summed E-state index contributed by atoms with van der Waals surface area (Å²) in [5.41, 5.74) is 0. The SMILES string of the molecule is CC(C)CNC(=O)N(C)CC1CCCCC1O. The van der Waals surface area contributed by atoms with Crippen molar-refractivity contribution in [2.24, 2.45) is 11.8 Å². The van der Waals surface area contributed by atoms with Gasteiger partial charge >= 0.3 is 6.03 Å². The summed E-state index contributed by atoms with van der Waals surface area (Å²) in [6.45, 7) is 5.51. The minimum Gasteiger partial charge on any atom is -0.393 e. The van der Waals surface area contributed by atoms with Gasteiger partial charge < -0.3 is 15.3 Å². The topological polar surface area (TPSA) is 52.6 Å². The molecule has 2 unspecified atom stereocenters. The van der Waals surface area contributed by atoms with Crippen LogP contribution in [0.1, 0.15) is 39.5 Å². The lowest BCUT2D eigenvalue weighted by molar-refractivity contribution is 0.0564. The van der Waals surface area contributed by atoms with Crippen LogP contribution in [0.25, 0.3) is 0 Å². The van der Waals surface area contributed by atoms with Crippen molar-refractivity contribution in [3.05, 3.63) is 0 Å². The standard InChI is InChI=1S/C13H26N2O2/c1-10(2)8-14-13(17)15(3)9-11-6-4-5-7-12(11)16/h10-12,16H,4-9H2,1-3H3,(H,14,17). The van der Waals surface area contributed by atoms with E-state index in [1.165, 1.54) is 6.42 Å². The third kappa shape index (κ3) is 4.94. The van der Waals surface area contributed by atoms with Gasteiger partial charge in [-0.25, -0.2) is 4.79 Å². The van der Waals surface area contributed by atoms with E-state index in [0.29, 0.717) is 19.0 Å². The summed E-state index contributed by atoms with van der Waals surface area (Å²) in [7, 11) is 1.80. The smallest absolute Gasteiger partial charge is 0.317 e. The maximum Gasteiger partial charge on any atom is 0.317 e. The van der Waals surface area contributed by atoms with Gasteiger partial charge in [0.15, 0.2) is 0 Å². The number of carbonyl (C=O) groups is 1. The molecule has 100 valence electrons. The van der Waals surface area contributed by atoms with Gasteiger partial charge in [0, 0.05) is 26.1 Å². The number of aliphatic hydroxyl groups is 1. The van der Waals surface area contributed by atoms with Gasteiger partial charge in [0.1, 0.15) is 0 Å². The zero-order valence-corrected chi connectivity index (χ0v) is 11.3. The molecular weight excluding hydrogens is 216 g/mol. The van der Waals surface area contributed by atoms with Gasteiger partial charge in [-0.05, 0) is 18.8 Å². The third-order valence-electron chi connectivity index (χ3n) is 3.39. The highest BCUT2D eigenvalue weighted by atomic mass is 16.3. The molecule has 4 nitrogen and oxygen atoms in total. The van der Waals surface area contributed by atoms with Crippen molar-refractivity contribution in [2.75, 3.05) is 20.1 Å². The average molecular weight is 242 g/mol. The van der Waals surface area contributed by atoms with Crippen LogP contribution in [0, 0.1) is 11.8 Å². The van der Waals surface area contributed by atoms with E-state index in [-0.39, 0.29) is 18.1 Å². The highest BCUT2D eigenvalue weighted by Gasteiger charge is 2.25. The lowest BCUT2D eigenvalue weighted by Gasteiger charge is -2.31. The molecular formula is C13H26N2O2. The van der Waals surface area contributed by atoms with Crippen LogP contribution in [0.4, 0.5) is 4.79 Å². The molecule has 0 aliphatic heterocycles. The van der Waals surface area contributed by atoms with Crippen molar-refractivity contribution in [1.29, 1.82) is 0 Å². The number of hydrogen-bond acceptors (Lipinski definition) is 2. The number of amides is 2.